The third kappa shape index (κ3) is 2.36. The number of hydrogen-bond donors (Lipinski definition) is 1. The summed E-state index contributed by atoms with van der Waals surface area (Å²) in [5.74, 6) is -0.865. The molecular weight excluding hydrogens is 236 g/mol. The number of benzene rings is 1. The van der Waals surface area contributed by atoms with Crippen LogP contribution < -0.4 is 10.6 Å². The molecule has 0 saturated carbocycles. The van der Waals surface area contributed by atoms with E-state index in [0.717, 1.165) is 12.1 Å². The maximum atomic E-state index is 13.5. The molecule has 0 unspecified atom stereocenters. The van der Waals surface area contributed by atoms with E-state index in [1.165, 1.54) is 0 Å². The highest BCUT2D eigenvalue weighted by molar-refractivity contribution is 5.53. The van der Waals surface area contributed by atoms with E-state index in [0.29, 0.717) is 19.2 Å². The smallest absolute Gasteiger partial charge is 0.365 e. The Morgan fingerprint density at radius 3 is 2.29 bits per heavy atom. The van der Waals surface area contributed by atoms with Crippen molar-refractivity contribution in [1.29, 1.82) is 0 Å². The SMILES string of the molecule is CC1(N)CN(c2ccc(C(F)(F)F)cc2F)C1. The van der Waals surface area contributed by atoms with Gasteiger partial charge >= 0.3 is 6.18 Å². The third-order valence-electron chi connectivity index (χ3n) is 2.72. The summed E-state index contributed by atoms with van der Waals surface area (Å²) in [6.45, 7) is 2.69. The zero-order valence-corrected chi connectivity index (χ0v) is 9.18. The van der Waals surface area contributed by atoms with Gasteiger partial charge in [-0.2, -0.15) is 13.2 Å². The Morgan fingerprint density at radius 1 is 1.29 bits per heavy atom. The molecule has 2 nitrogen and oxygen atoms in total. The van der Waals surface area contributed by atoms with Gasteiger partial charge in [-0.3, -0.25) is 0 Å². The molecule has 1 aliphatic rings. The molecule has 1 heterocycles. The molecule has 2 N–H and O–H groups in total. The van der Waals surface area contributed by atoms with Gasteiger partial charge in [-0.25, -0.2) is 4.39 Å². The summed E-state index contributed by atoms with van der Waals surface area (Å²) in [4.78, 5) is 1.62. The first-order chi connectivity index (χ1) is 7.69. The normalized spacial score (nSPS) is 19.1. The average Bonchev–Trinajstić information content (AvgIpc) is 2.12. The molecule has 1 aliphatic heterocycles. The minimum atomic E-state index is -4.52. The van der Waals surface area contributed by atoms with E-state index in [9.17, 15) is 17.6 Å². The van der Waals surface area contributed by atoms with Gasteiger partial charge in [-0.15, -0.1) is 0 Å². The summed E-state index contributed by atoms with van der Waals surface area (Å²) in [5.41, 5.74) is 4.55. The van der Waals surface area contributed by atoms with Gasteiger partial charge in [0.2, 0.25) is 0 Å². The lowest BCUT2D eigenvalue weighted by atomic mass is 9.93. The van der Waals surface area contributed by atoms with Crippen molar-refractivity contribution in [1.82, 2.24) is 0 Å². The van der Waals surface area contributed by atoms with Crippen molar-refractivity contribution in [2.24, 2.45) is 5.73 Å². The monoisotopic (exact) mass is 248 g/mol. The summed E-state index contributed by atoms with van der Waals surface area (Å²) in [5, 5.41) is 0. The van der Waals surface area contributed by atoms with Crippen molar-refractivity contribution in [3.63, 3.8) is 0 Å². The molecule has 1 fully saturated rings. The fraction of sp³-hybridized carbons (Fsp3) is 0.455. The highest BCUT2D eigenvalue weighted by atomic mass is 19.4. The van der Waals surface area contributed by atoms with E-state index >= 15 is 0 Å². The minimum Gasteiger partial charge on any atom is -0.365 e. The van der Waals surface area contributed by atoms with Gasteiger partial charge in [0.25, 0.3) is 0 Å². The van der Waals surface area contributed by atoms with E-state index in [4.69, 9.17) is 5.73 Å². The predicted molar refractivity (Wildman–Crippen MR) is 56.2 cm³/mol. The van der Waals surface area contributed by atoms with Crippen LogP contribution in [0.2, 0.25) is 0 Å². The average molecular weight is 248 g/mol. The number of nitrogens with zero attached hydrogens (tertiary/aromatic N) is 1. The number of rotatable bonds is 1. The molecule has 1 aromatic carbocycles. The van der Waals surface area contributed by atoms with Crippen LogP contribution in [-0.4, -0.2) is 18.6 Å². The molecule has 0 bridgehead atoms. The second kappa shape index (κ2) is 3.60. The fourth-order valence-corrected chi connectivity index (χ4v) is 1.94. The molecule has 0 atom stereocenters. The van der Waals surface area contributed by atoms with Gasteiger partial charge in [-0.05, 0) is 25.1 Å². The van der Waals surface area contributed by atoms with E-state index in [1.54, 1.807) is 4.90 Å². The predicted octanol–water partition coefficient (Wildman–Crippen LogP) is 2.38. The quantitative estimate of drug-likeness (QED) is 0.773. The fourth-order valence-electron chi connectivity index (χ4n) is 1.94. The van der Waals surface area contributed by atoms with Crippen molar-refractivity contribution in [2.45, 2.75) is 18.6 Å². The molecule has 0 aromatic heterocycles. The first kappa shape index (κ1) is 12.2. The maximum Gasteiger partial charge on any atom is 0.416 e. The van der Waals surface area contributed by atoms with Crippen LogP contribution >= 0.6 is 0 Å². The van der Waals surface area contributed by atoms with Crippen LogP contribution in [-0.2, 0) is 6.18 Å². The van der Waals surface area contributed by atoms with Crippen LogP contribution in [0.4, 0.5) is 23.2 Å². The Morgan fingerprint density at radius 2 is 1.88 bits per heavy atom. The second-order valence-corrected chi connectivity index (χ2v) is 4.67. The molecule has 0 aliphatic carbocycles. The van der Waals surface area contributed by atoms with Gasteiger partial charge in [0, 0.05) is 18.6 Å². The van der Waals surface area contributed by atoms with Crippen LogP contribution in [0.5, 0.6) is 0 Å². The molecule has 1 saturated heterocycles. The van der Waals surface area contributed by atoms with Crippen molar-refractivity contribution in [3.05, 3.63) is 29.6 Å². The van der Waals surface area contributed by atoms with Gasteiger partial charge in [0.1, 0.15) is 5.82 Å². The lowest BCUT2D eigenvalue weighted by molar-refractivity contribution is -0.137. The Hall–Kier alpha value is -1.30. The van der Waals surface area contributed by atoms with Crippen LogP contribution in [0.25, 0.3) is 0 Å². The van der Waals surface area contributed by atoms with Gasteiger partial charge in [0.15, 0.2) is 0 Å². The Labute approximate surface area is 96.0 Å². The largest absolute Gasteiger partial charge is 0.416 e. The van der Waals surface area contributed by atoms with Crippen molar-refractivity contribution >= 4 is 5.69 Å². The molecule has 0 radical (unpaired) electrons. The van der Waals surface area contributed by atoms with E-state index in [1.807, 2.05) is 6.92 Å². The highest BCUT2D eigenvalue weighted by Crippen LogP contribution is 2.34. The lowest BCUT2D eigenvalue weighted by Gasteiger charge is -2.47. The minimum absolute atomic E-state index is 0.168. The summed E-state index contributed by atoms with van der Waals surface area (Å²) in [7, 11) is 0. The van der Waals surface area contributed by atoms with Crippen LogP contribution in [0.1, 0.15) is 12.5 Å². The van der Waals surface area contributed by atoms with Crippen LogP contribution in [0.15, 0.2) is 18.2 Å². The highest BCUT2D eigenvalue weighted by Gasteiger charge is 2.37. The topological polar surface area (TPSA) is 29.3 Å². The van der Waals surface area contributed by atoms with E-state index in [2.05, 4.69) is 0 Å². The molecule has 94 valence electrons. The molecular formula is C11H12F4N2. The molecule has 6 heteroatoms. The molecule has 1 aromatic rings. The summed E-state index contributed by atoms with van der Waals surface area (Å²) >= 11 is 0. The van der Waals surface area contributed by atoms with Crippen LogP contribution in [0, 0.1) is 5.82 Å². The van der Waals surface area contributed by atoms with Crippen LogP contribution in [0.3, 0.4) is 0 Å². The zero-order valence-electron chi connectivity index (χ0n) is 9.18. The summed E-state index contributed by atoms with van der Waals surface area (Å²) in [6.07, 6.45) is -4.52. The van der Waals surface area contributed by atoms with Gasteiger partial charge in [0.05, 0.1) is 11.3 Å². The first-order valence-electron chi connectivity index (χ1n) is 5.10. The Balaban J connectivity index is 2.22. The van der Waals surface area contributed by atoms with Crippen molar-refractivity contribution in [3.8, 4) is 0 Å². The van der Waals surface area contributed by atoms with Crippen molar-refractivity contribution in [2.75, 3.05) is 18.0 Å². The number of anilines is 1. The first-order valence-corrected chi connectivity index (χ1v) is 5.10. The number of alkyl halides is 3. The van der Waals surface area contributed by atoms with E-state index in [-0.39, 0.29) is 5.69 Å². The number of halogens is 4. The van der Waals surface area contributed by atoms with Gasteiger partial charge < -0.3 is 10.6 Å². The maximum absolute atomic E-state index is 13.5. The number of hydrogen-bond acceptors (Lipinski definition) is 2. The molecule has 17 heavy (non-hydrogen) atoms. The standard InChI is InChI=1S/C11H12F4N2/c1-10(16)5-17(6-10)9-3-2-7(4-8(9)12)11(13,14)15/h2-4H,5-6,16H2,1H3. The summed E-state index contributed by atoms with van der Waals surface area (Å²) in [6, 6.07) is 2.54. The Kier molecular flexibility index (Phi) is 2.57. The van der Waals surface area contributed by atoms with E-state index < -0.39 is 23.1 Å². The summed E-state index contributed by atoms with van der Waals surface area (Å²) < 4.78 is 50.5. The third-order valence-corrected chi connectivity index (χ3v) is 2.72. The zero-order chi connectivity index (χ0) is 12.8. The second-order valence-electron chi connectivity index (χ2n) is 4.67. The Bertz CT molecular complexity index is 432. The van der Waals surface area contributed by atoms with Gasteiger partial charge in [-0.1, -0.05) is 0 Å². The molecule has 0 spiro atoms. The number of nitrogens with two attached hydrogens (primary N) is 1. The lowest BCUT2D eigenvalue weighted by Crippen LogP contribution is -2.65. The molecule has 0 amide bonds. The van der Waals surface area contributed by atoms with Crippen molar-refractivity contribution < 1.29 is 17.6 Å². The molecule has 2 rings (SSSR count).